The molecular formula is C17H18N4O3. The number of aromatic amines is 1. The van der Waals surface area contributed by atoms with Gasteiger partial charge in [-0.25, -0.2) is 0 Å². The van der Waals surface area contributed by atoms with Crippen LogP contribution >= 0.6 is 0 Å². The third kappa shape index (κ3) is 2.57. The van der Waals surface area contributed by atoms with E-state index in [2.05, 4.69) is 16.3 Å². The zero-order valence-corrected chi connectivity index (χ0v) is 13.5. The molecule has 7 nitrogen and oxygen atoms in total. The highest BCUT2D eigenvalue weighted by molar-refractivity contribution is 5.58. The maximum Gasteiger partial charge on any atom is 0.244 e. The van der Waals surface area contributed by atoms with Crippen molar-refractivity contribution in [3.63, 3.8) is 0 Å². The van der Waals surface area contributed by atoms with Gasteiger partial charge in [-0.3, -0.25) is 5.10 Å². The molecule has 124 valence electrons. The van der Waals surface area contributed by atoms with Gasteiger partial charge in [0.15, 0.2) is 0 Å². The fourth-order valence-corrected chi connectivity index (χ4v) is 2.88. The van der Waals surface area contributed by atoms with E-state index in [1.807, 2.05) is 31.2 Å². The molecule has 0 saturated heterocycles. The van der Waals surface area contributed by atoms with Crippen molar-refractivity contribution in [2.24, 2.45) is 5.73 Å². The largest absolute Gasteiger partial charge is 0.494 e. The molecule has 7 heteroatoms. The zero-order chi connectivity index (χ0) is 17.1. The van der Waals surface area contributed by atoms with Crippen molar-refractivity contribution in [2.45, 2.75) is 19.4 Å². The molecule has 1 aromatic heterocycles. The molecule has 0 fully saturated rings. The van der Waals surface area contributed by atoms with Gasteiger partial charge < -0.3 is 19.9 Å². The average molecular weight is 326 g/mol. The highest BCUT2D eigenvalue weighted by Crippen LogP contribution is 2.45. The van der Waals surface area contributed by atoms with Crippen LogP contribution in [0.15, 0.2) is 35.7 Å². The number of hydrogen-bond donors (Lipinski definition) is 2. The van der Waals surface area contributed by atoms with E-state index in [0.717, 1.165) is 16.8 Å². The summed E-state index contributed by atoms with van der Waals surface area (Å²) in [4.78, 5) is 0. The summed E-state index contributed by atoms with van der Waals surface area (Å²) in [5, 5.41) is 16.7. The number of fused-ring (bicyclic) bond motifs is 1. The lowest BCUT2D eigenvalue weighted by Crippen LogP contribution is -2.21. The molecule has 24 heavy (non-hydrogen) atoms. The number of methoxy groups -OCH3 is 1. The predicted molar refractivity (Wildman–Crippen MR) is 86.2 cm³/mol. The monoisotopic (exact) mass is 326 g/mol. The van der Waals surface area contributed by atoms with Gasteiger partial charge in [0, 0.05) is 12.7 Å². The van der Waals surface area contributed by atoms with E-state index in [9.17, 15) is 5.26 Å². The van der Waals surface area contributed by atoms with Crippen LogP contribution < -0.4 is 15.2 Å². The van der Waals surface area contributed by atoms with Gasteiger partial charge in [0.1, 0.15) is 17.4 Å². The van der Waals surface area contributed by atoms with Crippen LogP contribution in [0.25, 0.3) is 0 Å². The molecule has 0 spiro atoms. The van der Waals surface area contributed by atoms with Gasteiger partial charge >= 0.3 is 0 Å². The van der Waals surface area contributed by atoms with Crippen molar-refractivity contribution in [3.05, 3.63) is 52.5 Å². The maximum atomic E-state index is 9.63. The Bertz CT molecular complexity index is 819. The first-order valence-corrected chi connectivity index (χ1v) is 7.56. The number of ether oxygens (including phenoxy) is 3. The van der Waals surface area contributed by atoms with Crippen molar-refractivity contribution in [1.29, 1.82) is 5.26 Å². The molecular weight excluding hydrogens is 308 g/mol. The SMILES string of the molecule is CCOc1ccccc1C1C(C#N)=C(N)Oc2n[nH]c(COC)c21. The van der Waals surface area contributed by atoms with E-state index in [4.69, 9.17) is 19.9 Å². The molecule has 0 aliphatic carbocycles. The lowest BCUT2D eigenvalue weighted by Gasteiger charge is -2.25. The van der Waals surface area contributed by atoms with Gasteiger partial charge in [-0.2, -0.15) is 5.26 Å². The average Bonchev–Trinajstić information content (AvgIpc) is 2.97. The van der Waals surface area contributed by atoms with Gasteiger partial charge in [-0.15, -0.1) is 5.10 Å². The topological polar surface area (TPSA) is 106 Å². The molecule has 1 aromatic carbocycles. The third-order valence-electron chi connectivity index (χ3n) is 3.84. The van der Waals surface area contributed by atoms with E-state index < -0.39 is 5.92 Å². The summed E-state index contributed by atoms with van der Waals surface area (Å²) < 4.78 is 16.5. The Kier molecular flexibility index (Phi) is 4.40. The number of aromatic nitrogens is 2. The van der Waals surface area contributed by atoms with Crippen molar-refractivity contribution in [3.8, 4) is 17.7 Å². The zero-order valence-electron chi connectivity index (χ0n) is 13.5. The minimum atomic E-state index is -0.426. The first-order valence-electron chi connectivity index (χ1n) is 7.56. The molecule has 0 amide bonds. The Labute approximate surface area is 139 Å². The molecule has 0 saturated carbocycles. The number of H-pyrrole nitrogens is 1. The Balaban J connectivity index is 2.22. The van der Waals surface area contributed by atoms with Crippen LogP contribution in [0, 0.1) is 11.3 Å². The lowest BCUT2D eigenvalue weighted by molar-refractivity contribution is 0.180. The number of nitriles is 1. The summed E-state index contributed by atoms with van der Waals surface area (Å²) in [5.74, 6) is 0.681. The molecule has 1 aliphatic heterocycles. The van der Waals surface area contributed by atoms with Gasteiger partial charge in [-0.05, 0) is 13.0 Å². The first kappa shape index (κ1) is 15.9. The van der Waals surface area contributed by atoms with Gasteiger partial charge in [0.25, 0.3) is 0 Å². The fourth-order valence-electron chi connectivity index (χ4n) is 2.88. The van der Waals surface area contributed by atoms with E-state index >= 15 is 0 Å². The number of benzene rings is 1. The van der Waals surface area contributed by atoms with Crippen LogP contribution in [-0.2, 0) is 11.3 Å². The number of para-hydroxylation sites is 1. The van der Waals surface area contributed by atoms with Crippen molar-refractivity contribution in [1.82, 2.24) is 10.2 Å². The minimum absolute atomic E-state index is 0.0526. The van der Waals surface area contributed by atoms with Crippen molar-refractivity contribution < 1.29 is 14.2 Å². The molecule has 0 bridgehead atoms. The highest BCUT2D eigenvalue weighted by Gasteiger charge is 2.36. The lowest BCUT2D eigenvalue weighted by atomic mass is 9.83. The third-order valence-corrected chi connectivity index (χ3v) is 3.84. The van der Waals surface area contributed by atoms with Crippen LogP contribution in [0.5, 0.6) is 11.6 Å². The van der Waals surface area contributed by atoms with E-state index in [1.165, 1.54) is 0 Å². The minimum Gasteiger partial charge on any atom is -0.494 e. The molecule has 2 heterocycles. The number of nitrogens with one attached hydrogen (secondary N) is 1. The Hall–Kier alpha value is -2.98. The normalized spacial score (nSPS) is 16.3. The molecule has 3 N–H and O–H groups in total. The smallest absolute Gasteiger partial charge is 0.244 e. The summed E-state index contributed by atoms with van der Waals surface area (Å²) >= 11 is 0. The Morgan fingerprint density at radius 3 is 2.92 bits per heavy atom. The Morgan fingerprint density at radius 1 is 1.42 bits per heavy atom. The maximum absolute atomic E-state index is 9.63. The number of nitrogens with two attached hydrogens (primary N) is 1. The van der Waals surface area contributed by atoms with Crippen LogP contribution in [0.1, 0.15) is 29.7 Å². The Morgan fingerprint density at radius 2 is 2.21 bits per heavy atom. The van der Waals surface area contributed by atoms with Crippen LogP contribution in [0.4, 0.5) is 0 Å². The molecule has 2 aromatic rings. The van der Waals surface area contributed by atoms with Gasteiger partial charge in [0.05, 0.1) is 30.4 Å². The molecule has 3 rings (SSSR count). The van der Waals surface area contributed by atoms with Gasteiger partial charge in [0.2, 0.25) is 11.8 Å². The predicted octanol–water partition coefficient (Wildman–Crippen LogP) is 2.17. The molecule has 1 unspecified atom stereocenters. The molecule has 0 radical (unpaired) electrons. The first-order chi connectivity index (χ1) is 11.7. The van der Waals surface area contributed by atoms with E-state index in [-0.39, 0.29) is 5.88 Å². The molecule has 1 aliphatic rings. The standard InChI is InChI=1S/C17H18N4O3/c1-3-23-13-7-5-4-6-10(13)14-11(8-18)16(19)24-17-15(14)12(9-22-2)20-21-17/h4-7,14H,3,9,19H2,1-2H3,(H,20,21). The van der Waals surface area contributed by atoms with Gasteiger partial charge in [-0.1, -0.05) is 18.2 Å². The number of nitrogens with zero attached hydrogens (tertiary/aromatic N) is 2. The van der Waals surface area contributed by atoms with E-state index in [0.29, 0.717) is 30.4 Å². The second-order valence-corrected chi connectivity index (χ2v) is 5.25. The van der Waals surface area contributed by atoms with E-state index in [1.54, 1.807) is 7.11 Å². The second-order valence-electron chi connectivity index (χ2n) is 5.25. The molecule has 1 atom stereocenters. The number of allylic oxidation sites excluding steroid dienone is 1. The van der Waals surface area contributed by atoms with Crippen LogP contribution in [0.2, 0.25) is 0 Å². The quantitative estimate of drug-likeness (QED) is 0.872. The highest BCUT2D eigenvalue weighted by atomic mass is 16.5. The summed E-state index contributed by atoms with van der Waals surface area (Å²) in [6, 6.07) is 9.73. The summed E-state index contributed by atoms with van der Waals surface area (Å²) in [5.41, 5.74) is 8.60. The number of hydrogen-bond acceptors (Lipinski definition) is 6. The van der Waals surface area contributed by atoms with Crippen molar-refractivity contribution in [2.75, 3.05) is 13.7 Å². The summed E-state index contributed by atoms with van der Waals surface area (Å²) in [7, 11) is 1.59. The van der Waals surface area contributed by atoms with Crippen LogP contribution in [-0.4, -0.2) is 23.9 Å². The number of rotatable bonds is 5. The summed E-state index contributed by atoms with van der Waals surface area (Å²) in [6.07, 6.45) is 0. The van der Waals surface area contributed by atoms with Crippen molar-refractivity contribution >= 4 is 0 Å². The van der Waals surface area contributed by atoms with Crippen LogP contribution in [0.3, 0.4) is 0 Å². The summed E-state index contributed by atoms with van der Waals surface area (Å²) in [6.45, 7) is 2.75. The fraction of sp³-hybridized carbons (Fsp3) is 0.294. The second kappa shape index (κ2) is 6.64.